The molecule has 7 atom stereocenters. The standard InChI is InChI=1S/C21H34O2/c1-13-10-20(2,3)12-21(11-13,14-4-6-16-18(8-14)22-16)15-5-7-17-19(9-15)23-17/h13-19H,4-12H2,1-3H3. The van der Waals surface area contributed by atoms with Gasteiger partial charge in [0.1, 0.15) is 0 Å². The van der Waals surface area contributed by atoms with Gasteiger partial charge in [-0.05, 0) is 86.4 Å². The van der Waals surface area contributed by atoms with Crippen molar-refractivity contribution in [2.45, 2.75) is 103 Å². The van der Waals surface area contributed by atoms with Gasteiger partial charge in [-0.1, -0.05) is 20.8 Å². The zero-order chi connectivity index (χ0) is 15.8. The van der Waals surface area contributed by atoms with Gasteiger partial charge in [-0.3, -0.25) is 0 Å². The van der Waals surface area contributed by atoms with E-state index in [9.17, 15) is 0 Å². The van der Waals surface area contributed by atoms with E-state index in [1.165, 1.54) is 57.8 Å². The Kier molecular flexibility index (Phi) is 3.29. The first-order valence-electron chi connectivity index (χ1n) is 10.3. The average Bonchev–Trinajstić information content (AvgIpc) is 3.37. The quantitative estimate of drug-likeness (QED) is 0.673. The zero-order valence-electron chi connectivity index (χ0n) is 15.2. The fraction of sp³-hybridized carbons (Fsp3) is 1.00. The maximum Gasteiger partial charge on any atom is 0.0844 e. The maximum absolute atomic E-state index is 5.91. The highest BCUT2D eigenvalue weighted by molar-refractivity contribution is 5.07. The van der Waals surface area contributed by atoms with E-state index < -0.39 is 0 Å². The maximum atomic E-state index is 5.91. The van der Waals surface area contributed by atoms with Crippen LogP contribution in [0.3, 0.4) is 0 Å². The van der Waals surface area contributed by atoms with Crippen LogP contribution in [0.25, 0.3) is 0 Å². The summed E-state index contributed by atoms with van der Waals surface area (Å²) in [5, 5.41) is 0. The zero-order valence-corrected chi connectivity index (χ0v) is 15.2. The summed E-state index contributed by atoms with van der Waals surface area (Å²) in [6.45, 7) is 7.60. The van der Waals surface area contributed by atoms with E-state index in [2.05, 4.69) is 20.8 Å². The van der Waals surface area contributed by atoms with Crippen LogP contribution in [0, 0.1) is 28.6 Å². The Balaban J connectivity index is 1.46. The highest BCUT2D eigenvalue weighted by Gasteiger charge is 2.58. The molecule has 2 heteroatoms. The molecule has 0 N–H and O–H groups in total. The molecule has 0 aromatic carbocycles. The van der Waals surface area contributed by atoms with Gasteiger partial charge >= 0.3 is 0 Å². The third-order valence-corrected chi connectivity index (χ3v) is 8.07. The molecule has 5 rings (SSSR count). The molecule has 0 aromatic rings. The Labute approximate surface area is 141 Å². The van der Waals surface area contributed by atoms with E-state index in [0.717, 1.165) is 17.8 Å². The van der Waals surface area contributed by atoms with Gasteiger partial charge in [-0.2, -0.15) is 0 Å². The van der Waals surface area contributed by atoms with Crippen LogP contribution >= 0.6 is 0 Å². The lowest BCUT2D eigenvalue weighted by molar-refractivity contribution is -0.0677. The first kappa shape index (κ1) is 15.2. The van der Waals surface area contributed by atoms with E-state index >= 15 is 0 Å². The van der Waals surface area contributed by atoms with Crippen molar-refractivity contribution in [1.82, 2.24) is 0 Å². The molecule has 2 aliphatic heterocycles. The molecule has 23 heavy (non-hydrogen) atoms. The van der Waals surface area contributed by atoms with Gasteiger partial charge in [0.05, 0.1) is 24.4 Å². The molecule has 5 aliphatic rings. The average molecular weight is 319 g/mol. The lowest BCUT2D eigenvalue weighted by atomic mass is 9.48. The summed E-state index contributed by atoms with van der Waals surface area (Å²) in [5.41, 5.74) is 1.09. The van der Waals surface area contributed by atoms with E-state index in [1.807, 2.05) is 0 Å². The first-order valence-corrected chi connectivity index (χ1v) is 10.3. The highest BCUT2D eigenvalue weighted by Crippen LogP contribution is 2.63. The summed E-state index contributed by atoms with van der Waals surface area (Å²) in [6.07, 6.45) is 15.1. The number of ether oxygens (including phenoxy) is 2. The molecule has 7 unspecified atom stereocenters. The number of rotatable bonds is 2. The SMILES string of the molecule is CC1CC(C)(C)CC(C2CCC3OC3C2)(C2CCC3OC3C2)C1. The van der Waals surface area contributed by atoms with Gasteiger partial charge in [0, 0.05) is 0 Å². The second kappa shape index (κ2) is 4.97. The second-order valence-corrected chi connectivity index (χ2v) is 10.5. The summed E-state index contributed by atoms with van der Waals surface area (Å²) in [7, 11) is 0. The van der Waals surface area contributed by atoms with Crippen molar-refractivity contribution in [1.29, 1.82) is 0 Å². The predicted octanol–water partition coefficient (Wildman–Crippen LogP) is 4.95. The van der Waals surface area contributed by atoms with Crippen molar-refractivity contribution in [3.05, 3.63) is 0 Å². The van der Waals surface area contributed by atoms with Gasteiger partial charge in [0.15, 0.2) is 0 Å². The number of hydrogen-bond donors (Lipinski definition) is 0. The molecular formula is C21H34O2. The number of hydrogen-bond acceptors (Lipinski definition) is 2. The summed E-state index contributed by atoms with van der Waals surface area (Å²) < 4.78 is 11.8. The third kappa shape index (κ3) is 2.59. The largest absolute Gasteiger partial charge is 0.370 e. The van der Waals surface area contributed by atoms with E-state index in [-0.39, 0.29) is 0 Å². The van der Waals surface area contributed by atoms with Crippen LogP contribution in [0.1, 0.15) is 78.6 Å². The van der Waals surface area contributed by atoms with Crippen LogP contribution < -0.4 is 0 Å². The fourth-order valence-electron chi connectivity index (χ4n) is 7.51. The predicted molar refractivity (Wildman–Crippen MR) is 91.2 cm³/mol. The molecule has 0 radical (unpaired) electrons. The van der Waals surface area contributed by atoms with Crippen LogP contribution in [-0.2, 0) is 9.47 Å². The minimum atomic E-state index is 0.514. The normalized spacial score (nSPS) is 57.3. The van der Waals surface area contributed by atoms with Crippen molar-refractivity contribution in [3.63, 3.8) is 0 Å². The summed E-state index contributed by atoms with van der Waals surface area (Å²) in [6, 6.07) is 0. The van der Waals surface area contributed by atoms with Crippen LogP contribution in [0.4, 0.5) is 0 Å². The van der Waals surface area contributed by atoms with Crippen LogP contribution in [-0.4, -0.2) is 24.4 Å². The van der Waals surface area contributed by atoms with Crippen molar-refractivity contribution in [3.8, 4) is 0 Å². The number of fused-ring (bicyclic) bond motifs is 2. The Bertz CT molecular complexity index is 456. The van der Waals surface area contributed by atoms with Crippen molar-refractivity contribution >= 4 is 0 Å². The van der Waals surface area contributed by atoms with Crippen molar-refractivity contribution in [2.75, 3.05) is 0 Å². The molecular weight excluding hydrogens is 284 g/mol. The molecule has 0 bridgehead atoms. The molecule has 0 aromatic heterocycles. The van der Waals surface area contributed by atoms with Gasteiger partial charge in [0.2, 0.25) is 0 Å². The van der Waals surface area contributed by atoms with Crippen molar-refractivity contribution in [2.24, 2.45) is 28.6 Å². The topological polar surface area (TPSA) is 25.1 Å². The minimum Gasteiger partial charge on any atom is -0.370 e. The van der Waals surface area contributed by atoms with Crippen molar-refractivity contribution < 1.29 is 9.47 Å². The van der Waals surface area contributed by atoms with Gasteiger partial charge in [0.25, 0.3) is 0 Å². The Morgan fingerprint density at radius 3 is 1.78 bits per heavy atom. The van der Waals surface area contributed by atoms with Crippen LogP contribution in [0.2, 0.25) is 0 Å². The Morgan fingerprint density at radius 1 is 0.739 bits per heavy atom. The fourth-order valence-corrected chi connectivity index (χ4v) is 7.51. The molecule has 2 saturated heterocycles. The second-order valence-electron chi connectivity index (χ2n) is 10.5. The van der Waals surface area contributed by atoms with Gasteiger partial charge < -0.3 is 9.47 Å². The van der Waals surface area contributed by atoms with E-state index in [4.69, 9.17) is 9.47 Å². The minimum absolute atomic E-state index is 0.514. The Hall–Kier alpha value is -0.0800. The van der Waals surface area contributed by atoms with E-state index in [0.29, 0.717) is 35.2 Å². The lowest BCUT2D eigenvalue weighted by Gasteiger charge is -2.56. The molecule has 3 saturated carbocycles. The van der Waals surface area contributed by atoms with E-state index in [1.54, 1.807) is 0 Å². The lowest BCUT2D eigenvalue weighted by Crippen LogP contribution is -2.49. The highest BCUT2D eigenvalue weighted by atomic mass is 16.6. The third-order valence-electron chi connectivity index (χ3n) is 8.07. The van der Waals surface area contributed by atoms with Gasteiger partial charge in [-0.15, -0.1) is 0 Å². The molecule has 0 spiro atoms. The smallest absolute Gasteiger partial charge is 0.0844 e. The summed E-state index contributed by atoms with van der Waals surface area (Å²) in [4.78, 5) is 0. The molecule has 2 nitrogen and oxygen atoms in total. The number of epoxide rings is 2. The molecule has 2 heterocycles. The first-order chi connectivity index (χ1) is 11.0. The molecule has 130 valence electrons. The molecule has 5 fully saturated rings. The molecule has 0 amide bonds. The summed E-state index contributed by atoms with van der Waals surface area (Å²) >= 11 is 0. The van der Waals surface area contributed by atoms with Crippen LogP contribution in [0.5, 0.6) is 0 Å². The Morgan fingerprint density at radius 2 is 1.30 bits per heavy atom. The monoisotopic (exact) mass is 318 g/mol. The van der Waals surface area contributed by atoms with Gasteiger partial charge in [-0.25, -0.2) is 0 Å². The summed E-state index contributed by atoms with van der Waals surface area (Å²) in [5.74, 6) is 2.71. The molecule has 3 aliphatic carbocycles. The van der Waals surface area contributed by atoms with Crippen LogP contribution in [0.15, 0.2) is 0 Å².